The molecule has 0 N–H and O–H groups in total. The molecule has 6 heteroatoms. The van der Waals surface area contributed by atoms with E-state index in [0.717, 1.165) is 37.2 Å². The van der Waals surface area contributed by atoms with Crippen LogP contribution in [-0.2, 0) is 6.18 Å². The first-order chi connectivity index (χ1) is 12.3. The van der Waals surface area contributed by atoms with Crippen LogP contribution in [0.1, 0.15) is 23.5 Å². The number of piperidine rings is 1. The predicted octanol–water partition coefficient (Wildman–Crippen LogP) is 4.96. The van der Waals surface area contributed by atoms with Crippen LogP contribution in [0.15, 0.2) is 48.5 Å². The number of rotatable bonds is 4. The van der Waals surface area contributed by atoms with E-state index in [9.17, 15) is 17.6 Å². The van der Waals surface area contributed by atoms with Gasteiger partial charge in [-0.05, 0) is 61.8 Å². The summed E-state index contributed by atoms with van der Waals surface area (Å²) in [6.45, 7) is 2.01. The molecule has 1 saturated heterocycles. The minimum Gasteiger partial charge on any atom is -0.493 e. The third kappa shape index (κ3) is 4.55. The Morgan fingerprint density at radius 1 is 1.12 bits per heavy atom. The van der Waals surface area contributed by atoms with Crippen LogP contribution >= 0.6 is 0 Å². The van der Waals surface area contributed by atoms with Gasteiger partial charge in [0.15, 0.2) is 0 Å². The van der Waals surface area contributed by atoms with Gasteiger partial charge in [0.2, 0.25) is 0 Å². The van der Waals surface area contributed by atoms with Crippen LogP contribution in [0.5, 0.6) is 5.75 Å². The Bertz CT molecular complexity index is 729. The van der Waals surface area contributed by atoms with Gasteiger partial charge in [0.1, 0.15) is 11.6 Å². The molecule has 2 nitrogen and oxygen atoms in total. The van der Waals surface area contributed by atoms with Gasteiger partial charge < -0.3 is 9.64 Å². The average molecular weight is 367 g/mol. The fraction of sp³-hybridized carbons (Fsp3) is 0.400. The summed E-state index contributed by atoms with van der Waals surface area (Å²) in [5.74, 6) is 0.246. The second-order valence-corrected chi connectivity index (χ2v) is 6.81. The zero-order valence-corrected chi connectivity index (χ0v) is 14.5. The summed E-state index contributed by atoms with van der Waals surface area (Å²) >= 11 is 0. The monoisotopic (exact) mass is 367 g/mol. The summed E-state index contributed by atoms with van der Waals surface area (Å²) in [6.07, 6.45) is -3.49. The van der Waals surface area contributed by atoms with E-state index in [-0.39, 0.29) is 23.4 Å². The van der Waals surface area contributed by atoms with Crippen LogP contribution in [0.25, 0.3) is 0 Å². The van der Waals surface area contributed by atoms with E-state index in [4.69, 9.17) is 4.74 Å². The first-order valence-electron chi connectivity index (χ1n) is 8.57. The van der Waals surface area contributed by atoms with E-state index in [1.807, 2.05) is 7.05 Å². The molecule has 0 aromatic heterocycles. The second-order valence-electron chi connectivity index (χ2n) is 6.81. The highest BCUT2D eigenvalue weighted by Crippen LogP contribution is 2.34. The highest BCUT2D eigenvalue weighted by atomic mass is 19.4. The van der Waals surface area contributed by atoms with Gasteiger partial charge in [0.25, 0.3) is 0 Å². The highest BCUT2D eigenvalue weighted by Gasteiger charge is 2.32. The van der Waals surface area contributed by atoms with Crippen molar-refractivity contribution in [3.63, 3.8) is 0 Å². The number of hydrogen-bond donors (Lipinski definition) is 0. The summed E-state index contributed by atoms with van der Waals surface area (Å²) in [5.41, 5.74) is 0.322. The number of ether oxygens (including phenoxy) is 1. The predicted molar refractivity (Wildman–Crippen MR) is 91.7 cm³/mol. The Balaban J connectivity index is 1.72. The number of likely N-dealkylation sites (tertiary alicyclic amines) is 1. The molecule has 0 aliphatic carbocycles. The molecule has 0 unspecified atom stereocenters. The van der Waals surface area contributed by atoms with E-state index >= 15 is 0 Å². The molecule has 1 aliphatic rings. The molecule has 2 aromatic carbocycles. The van der Waals surface area contributed by atoms with Crippen LogP contribution < -0.4 is 4.74 Å². The maximum Gasteiger partial charge on any atom is 0.416 e. The van der Waals surface area contributed by atoms with Crippen LogP contribution in [0.3, 0.4) is 0 Å². The van der Waals surface area contributed by atoms with E-state index in [0.29, 0.717) is 6.61 Å². The number of benzene rings is 2. The van der Waals surface area contributed by atoms with Crippen molar-refractivity contribution in [2.45, 2.75) is 18.5 Å². The molecule has 1 heterocycles. The fourth-order valence-electron chi connectivity index (χ4n) is 3.50. The number of hydrogen-bond acceptors (Lipinski definition) is 2. The number of nitrogens with zero attached hydrogens (tertiary/aromatic N) is 1. The van der Waals surface area contributed by atoms with Gasteiger partial charge in [-0.15, -0.1) is 0 Å². The molecule has 0 bridgehead atoms. The van der Waals surface area contributed by atoms with Crippen LogP contribution in [0.4, 0.5) is 17.6 Å². The largest absolute Gasteiger partial charge is 0.493 e. The Hall–Kier alpha value is -2.08. The van der Waals surface area contributed by atoms with Crippen molar-refractivity contribution in [3.05, 3.63) is 65.5 Å². The quantitative estimate of drug-likeness (QED) is 0.709. The van der Waals surface area contributed by atoms with Crippen molar-refractivity contribution in [1.29, 1.82) is 0 Å². The average Bonchev–Trinajstić information content (AvgIpc) is 2.60. The van der Waals surface area contributed by atoms with Crippen LogP contribution in [0.2, 0.25) is 0 Å². The van der Waals surface area contributed by atoms with E-state index in [1.165, 1.54) is 24.3 Å². The molecular formula is C20H21F4NO. The maximum atomic E-state index is 13.2. The van der Waals surface area contributed by atoms with Gasteiger partial charge >= 0.3 is 6.18 Å². The van der Waals surface area contributed by atoms with E-state index < -0.39 is 11.7 Å². The van der Waals surface area contributed by atoms with Crippen LogP contribution in [-0.4, -0.2) is 31.6 Å². The number of halogens is 4. The smallest absolute Gasteiger partial charge is 0.416 e. The maximum absolute atomic E-state index is 13.2. The summed E-state index contributed by atoms with van der Waals surface area (Å²) in [6, 6.07) is 11.4. The molecule has 0 spiro atoms. The lowest BCUT2D eigenvalue weighted by molar-refractivity contribution is -0.137. The topological polar surface area (TPSA) is 12.5 Å². The van der Waals surface area contributed by atoms with Crippen molar-refractivity contribution in [3.8, 4) is 5.75 Å². The minimum absolute atomic E-state index is 0.119. The van der Waals surface area contributed by atoms with E-state index in [2.05, 4.69) is 4.90 Å². The summed E-state index contributed by atoms with van der Waals surface area (Å²) < 4.78 is 57.4. The van der Waals surface area contributed by atoms with Crippen molar-refractivity contribution in [1.82, 2.24) is 4.90 Å². The van der Waals surface area contributed by atoms with Crippen LogP contribution in [0, 0.1) is 11.7 Å². The van der Waals surface area contributed by atoms with Gasteiger partial charge in [-0.1, -0.05) is 18.2 Å². The highest BCUT2D eigenvalue weighted by molar-refractivity contribution is 5.30. The molecule has 26 heavy (non-hydrogen) atoms. The number of alkyl halides is 3. The zero-order valence-electron chi connectivity index (χ0n) is 14.5. The summed E-state index contributed by atoms with van der Waals surface area (Å²) in [5, 5.41) is 0. The standard InChI is InChI=1S/C20H21F4NO/c1-25-10-9-19(14-5-7-17(21)8-6-14)15(12-25)13-26-18-4-2-3-16(11-18)20(22,23)24/h2-8,11,15,19H,9-10,12-13H2,1H3/t15-,19-/m0/s1. The molecule has 3 rings (SSSR count). The molecule has 1 fully saturated rings. The van der Waals surface area contributed by atoms with Gasteiger partial charge in [-0.2, -0.15) is 13.2 Å². The molecule has 0 saturated carbocycles. The van der Waals surface area contributed by atoms with Crippen molar-refractivity contribution in [2.75, 3.05) is 26.7 Å². The third-order valence-electron chi connectivity index (χ3n) is 4.86. The van der Waals surface area contributed by atoms with Gasteiger partial charge in [0, 0.05) is 12.5 Å². The first kappa shape index (κ1) is 18.7. The second kappa shape index (κ2) is 7.66. The van der Waals surface area contributed by atoms with Crippen molar-refractivity contribution < 1.29 is 22.3 Å². The molecule has 2 aromatic rings. The Labute approximate surface area is 150 Å². The SMILES string of the molecule is CN1CC[C@@H](c2ccc(F)cc2)[C@H](COc2cccc(C(F)(F)F)c2)C1. The van der Waals surface area contributed by atoms with Gasteiger partial charge in [-0.25, -0.2) is 4.39 Å². The Kier molecular flexibility index (Phi) is 5.51. The molecule has 2 atom stereocenters. The fourth-order valence-corrected chi connectivity index (χ4v) is 3.50. The lowest BCUT2D eigenvalue weighted by atomic mass is 9.81. The normalized spacial score (nSPS) is 21.6. The minimum atomic E-state index is -4.39. The molecule has 140 valence electrons. The molecule has 1 aliphatic heterocycles. The Morgan fingerprint density at radius 2 is 1.85 bits per heavy atom. The van der Waals surface area contributed by atoms with E-state index in [1.54, 1.807) is 12.1 Å². The Morgan fingerprint density at radius 3 is 2.54 bits per heavy atom. The lowest BCUT2D eigenvalue weighted by Gasteiger charge is -2.37. The third-order valence-corrected chi connectivity index (χ3v) is 4.86. The zero-order chi connectivity index (χ0) is 18.7. The molecule has 0 radical (unpaired) electrons. The van der Waals surface area contributed by atoms with Crippen molar-refractivity contribution >= 4 is 0 Å². The molecular weight excluding hydrogens is 346 g/mol. The lowest BCUT2D eigenvalue weighted by Crippen LogP contribution is -2.39. The van der Waals surface area contributed by atoms with Gasteiger partial charge in [0.05, 0.1) is 12.2 Å². The summed E-state index contributed by atoms with van der Waals surface area (Å²) in [4.78, 5) is 2.18. The summed E-state index contributed by atoms with van der Waals surface area (Å²) in [7, 11) is 2.01. The van der Waals surface area contributed by atoms with Gasteiger partial charge in [-0.3, -0.25) is 0 Å². The first-order valence-corrected chi connectivity index (χ1v) is 8.57. The molecule has 0 amide bonds. The van der Waals surface area contributed by atoms with Crippen molar-refractivity contribution in [2.24, 2.45) is 5.92 Å².